The molecule has 0 saturated carbocycles. The van der Waals surface area contributed by atoms with Crippen LogP contribution in [-0.2, 0) is 15.0 Å². The summed E-state index contributed by atoms with van der Waals surface area (Å²) in [5.74, 6) is 1.25. The first-order valence-corrected chi connectivity index (χ1v) is 13.4. The smallest absolute Gasteiger partial charge is 0.312 e. The van der Waals surface area contributed by atoms with Crippen LogP contribution in [0.15, 0.2) is 97.1 Å². The van der Waals surface area contributed by atoms with Gasteiger partial charge in [0.25, 0.3) is 0 Å². The van der Waals surface area contributed by atoms with E-state index in [0.717, 1.165) is 22.3 Å². The van der Waals surface area contributed by atoms with Crippen LogP contribution in [0, 0.1) is 0 Å². The Labute approximate surface area is 227 Å². The maximum atomic E-state index is 12.0. The molecule has 0 saturated heterocycles. The highest BCUT2D eigenvalue weighted by Gasteiger charge is 2.45. The zero-order chi connectivity index (χ0) is 25.8. The van der Waals surface area contributed by atoms with Crippen LogP contribution in [0.5, 0.6) is 11.5 Å². The van der Waals surface area contributed by atoms with Gasteiger partial charge in [0.05, 0.1) is 18.3 Å². The highest BCUT2D eigenvalue weighted by Crippen LogP contribution is 2.56. The number of esters is 2. The number of carbonyl (C=O) groups is 2. The van der Waals surface area contributed by atoms with E-state index in [0.29, 0.717) is 23.0 Å². The van der Waals surface area contributed by atoms with E-state index in [1.807, 2.05) is 48.5 Å². The van der Waals surface area contributed by atoms with Crippen LogP contribution in [0.25, 0.3) is 11.1 Å². The second-order valence-electron chi connectivity index (χ2n) is 8.79. The molecule has 0 bridgehead atoms. The number of fused-ring (bicyclic) bond motifs is 3. The maximum Gasteiger partial charge on any atom is 0.312 e. The number of rotatable bonds is 8. The molecule has 0 fully saturated rings. The van der Waals surface area contributed by atoms with Crippen LogP contribution in [0.3, 0.4) is 0 Å². The molecule has 6 heteroatoms. The molecule has 0 atom stereocenters. The summed E-state index contributed by atoms with van der Waals surface area (Å²) in [6.45, 7) is 0. The molecule has 4 aromatic rings. The second kappa shape index (κ2) is 10.9. The third kappa shape index (κ3) is 4.67. The quantitative estimate of drug-likeness (QED) is 0.138. The molecule has 0 N–H and O–H groups in total. The van der Waals surface area contributed by atoms with Crippen molar-refractivity contribution in [2.75, 3.05) is 11.5 Å². The van der Waals surface area contributed by atoms with E-state index >= 15 is 0 Å². The van der Waals surface area contributed by atoms with Crippen LogP contribution in [0.4, 0.5) is 0 Å². The zero-order valence-corrected chi connectivity index (χ0v) is 21.9. The number of ether oxygens (including phenoxy) is 2. The van der Waals surface area contributed by atoms with Crippen molar-refractivity contribution in [3.63, 3.8) is 0 Å². The second-order valence-corrected chi connectivity index (χ2v) is 9.68. The van der Waals surface area contributed by atoms with Gasteiger partial charge in [0.15, 0.2) is 0 Å². The largest absolute Gasteiger partial charge is 0.427 e. The Morgan fingerprint density at radius 1 is 0.568 bits per heavy atom. The van der Waals surface area contributed by atoms with E-state index in [9.17, 15) is 9.59 Å². The third-order valence-electron chi connectivity index (χ3n) is 6.62. The van der Waals surface area contributed by atoms with Crippen LogP contribution in [0.1, 0.15) is 35.1 Å². The number of thiol groups is 2. The molecule has 4 nitrogen and oxygen atoms in total. The molecule has 1 aliphatic rings. The average Bonchev–Trinajstić information content (AvgIpc) is 3.21. The van der Waals surface area contributed by atoms with Crippen LogP contribution >= 0.6 is 25.3 Å². The van der Waals surface area contributed by atoms with E-state index in [2.05, 4.69) is 73.8 Å². The van der Waals surface area contributed by atoms with Crippen molar-refractivity contribution in [1.82, 2.24) is 0 Å². The lowest BCUT2D eigenvalue weighted by atomic mass is 9.68. The van der Waals surface area contributed by atoms with Gasteiger partial charge in [0.2, 0.25) is 0 Å². The Balaban J connectivity index is 1.65. The fourth-order valence-electron chi connectivity index (χ4n) is 5.12. The Hall–Kier alpha value is -3.48. The van der Waals surface area contributed by atoms with Gasteiger partial charge < -0.3 is 9.47 Å². The van der Waals surface area contributed by atoms with Crippen LogP contribution in [0.2, 0.25) is 0 Å². The van der Waals surface area contributed by atoms with E-state index in [1.54, 1.807) is 0 Å². The van der Waals surface area contributed by atoms with Crippen LogP contribution < -0.4 is 9.47 Å². The first-order chi connectivity index (χ1) is 18.1. The maximum absolute atomic E-state index is 12.0. The van der Waals surface area contributed by atoms with Crippen molar-refractivity contribution in [3.8, 4) is 22.6 Å². The van der Waals surface area contributed by atoms with Gasteiger partial charge in [-0.15, -0.1) is 0 Å². The molecule has 0 unspecified atom stereocenters. The topological polar surface area (TPSA) is 52.6 Å². The lowest BCUT2D eigenvalue weighted by molar-refractivity contribution is -0.134. The third-order valence-corrected chi connectivity index (χ3v) is 7.07. The molecular formula is C31H26O4S2. The number of hydrogen-bond donors (Lipinski definition) is 2. The molecule has 0 heterocycles. The van der Waals surface area contributed by atoms with Gasteiger partial charge in [0, 0.05) is 11.5 Å². The van der Waals surface area contributed by atoms with E-state index in [-0.39, 0.29) is 24.8 Å². The van der Waals surface area contributed by atoms with Gasteiger partial charge in [-0.1, -0.05) is 72.8 Å². The lowest BCUT2D eigenvalue weighted by Crippen LogP contribution is -2.28. The van der Waals surface area contributed by atoms with Gasteiger partial charge in [-0.2, -0.15) is 25.3 Å². The number of hydrogen-bond acceptors (Lipinski definition) is 6. The predicted octanol–water partition coefficient (Wildman–Crippen LogP) is 6.50. The van der Waals surface area contributed by atoms with Crippen molar-refractivity contribution in [2.24, 2.45) is 0 Å². The van der Waals surface area contributed by atoms with Crippen molar-refractivity contribution in [3.05, 3.63) is 119 Å². The standard InChI is InChI=1S/C31H26O4S2/c32-29(17-19-36)34-23-13-9-21(10-14-23)31(22-11-15-24(16-12-22)35-30(33)18-20-37)27-7-3-1-5-25(27)26-6-2-4-8-28(26)31/h1-16,36-37H,17-20H2. The van der Waals surface area contributed by atoms with Crippen LogP contribution in [-0.4, -0.2) is 23.4 Å². The van der Waals surface area contributed by atoms with Crippen molar-refractivity contribution in [2.45, 2.75) is 18.3 Å². The zero-order valence-electron chi connectivity index (χ0n) is 20.1. The lowest BCUT2D eigenvalue weighted by Gasteiger charge is -2.34. The van der Waals surface area contributed by atoms with E-state index in [1.165, 1.54) is 11.1 Å². The minimum atomic E-state index is -0.603. The summed E-state index contributed by atoms with van der Waals surface area (Å²) in [5.41, 5.74) is 6.15. The Morgan fingerprint density at radius 3 is 1.32 bits per heavy atom. The molecule has 1 aliphatic carbocycles. The van der Waals surface area contributed by atoms with Gasteiger partial charge in [-0.25, -0.2) is 0 Å². The monoisotopic (exact) mass is 526 g/mol. The normalized spacial score (nSPS) is 12.9. The molecule has 37 heavy (non-hydrogen) atoms. The highest BCUT2D eigenvalue weighted by molar-refractivity contribution is 7.80. The molecule has 5 rings (SSSR count). The van der Waals surface area contributed by atoms with Crippen molar-refractivity contribution < 1.29 is 19.1 Å². The summed E-state index contributed by atoms with van der Waals surface area (Å²) in [6, 6.07) is 32.3. The summed E-state index contributed by atoms with van der Waals surface area (Å²) in [6.07, 6.45) is 0.501. The molecule has 0 amide bonds. The summed E-state index contributed by atoms with van der Waals surface area (Å²) >= 11 is 8.22. The van der Waals surface area contributed by atoms with Crippen molar-refractivity contribution in [1.29, 1.82) is 0 Å². The first-order valence-electron chi connectivity index (χ1n) is 12.1. The Morgan fingerprint density at radius 2 is 0.946 bits per heavy atom. The number of benzene rings is 4. The summed E-state index contributed by atoms with van der Waals surface area (Å²) in [7, 11) is 0. The minimum absolute atomic E-state index is 0.250. The molecule has 0 aliphatic heterocycles. The van der Waals surface area contributed by atoms with E-state index in [4.69, 9.17) is 9.47 Å². The van der Waals surface area contributed by atoms with E-state index < -0.39 is 5.41 Å². The van der Waals surface area contributed by atoms with Gasteiger partial charge in [-0.05, 0) is 57.6 Å². The molecule has 0 aromatic heterocycles. The molecule has 186 valence electrons. The Kier molecular flexibility index (Phi) is 7.40. The molecule has 0 spiro atoms. The van der Waals surface area contributed by atoms with Gasteiger partial charge in [-0.3, -0.25) is 9.59 Å². The number of carbonyl (C=O) groups excluding carboxylic acids is 2. The Bertz CT molecular complexity index is 1320. The highest BCUT2D eigenvalue weighted by atomic mass is 32.1. The fourth-order valence-corrected chi connectivity index (χ4v) is 5.48. The molecule has 4 aromatic carbocycles. The summed E-state index contributed by atoms with van der Waals surface area (Å²) in [4.78, 5) is 24.0. The summed E-state index contributed by atoms with van der Waals surface area (Å²) < 4.78 is 11.0. The minimum Gasteiger partial charge on any atom is -0.427 e. The summed E-state index contributed by atoms with van der Waals surface area (Å²) in [5, 5.41) is 0. The average molecular weight is 527 g/mol. The van der Waals surface area contributed by atoms with Crippen molar-refractivity contribution >= 4 is 37.2 Å². The van der Waals surface area contributed by atoms with Gasteiger partial charge in [0.1, 0.15) is 11.5 Å². The SMILES string of the molecule is O=C(CCS)Oc1ccc(C2(c3ccc(OC(=O)CCS)cc3)c3ccccc3-c3ccccc32)cc1. The molecular weight excluding hydrogens is 500 g/mol. The predicted molar refractivity (Wildman–Crippen MR) is 152 cm³/mol. The fraction of sp³-hybridized carbons (Fsp3) is 0.161. The van der Waals surface area contributed by atoms with Gasteiger partial charge >= 0.3 is 11.9 Å². The molecule has 0 radical (unpaired) electrons. The first kappa shape index (κ1) is 25.2.